The summed E-state index contributed by atoms with van der Waals surface area (Å²) < 4.78 is 39.0. The summed E-state index contributed by atoms with van der Waals surface area (Å²) in [7, 11) is 0.841. The Bertz CT molecular complexity index is 1150. The maximum atomic E-state index is 13.7. The highest BCUT2D eigenvalue weighted by Crippen LogP contribution is 2.32. The summed E-state index contributed by atoms with van der Waals surface area (Å²) in [6.45, 7) is 5.08. The number of methoxy groups -OCH3 is 2. The Balaban J connectivity index is 1.94. The molecular formula is C24H32N4O5S. The largest absolute Gasteiger partial charge is 0.493 e. The van der Waals surface area contributed by atoms with Crippen LogP contribution in [0.4, 0.5) is 5.69 Å². The molecule has 2 aromatic rings. The predicted octanol–water partition coefficient (Wildman–Crippen LogP) is 2.71. The van der Waals surface area contributed by atoms with Crippen molar-refractivity contribution in [3.05, 3.63) is 47.5 Å². The minimum Gasteiger partial charge on any atom is -0.493 e. The van der Waals surface area contributed by atoms with Gasteiger partial charge in [0.15, 0.2) is 11.5 Å². The summed E-state index contributed by atoms with van der Waals surface area (Å²) in [4.78, 5) is 15.0. The van der Waals surface area contributed by atoms with Crippen molar-refractivity contribution in [1.82, 2.24) is 10.3 Å². The van der Waals surface area contributed by atoms with E-state index >= 15 is 0 Å². The zero-order chi connectivity index (χ0) is 24.9. The molecule has 1 aliphatic heterocycles. The number of hydrogen-bond acceptors (Lipinski definition) is 7. The van der Waals surface area contributed by atoms with E-state index in [1.165, 1.54) is 32.4 Å². The van der Waals surface area contributed by atoms with E-state index in [0.29, 0.717) is 11.4 Å². The van der Waals surface area contributed by atoms with Gasteiger partial charge in [-0.05, 0) is 56.3 Å². The van der Waals surface area contributed by atoms with Crippen LogP contribution in [-0.2, 0) is 14.8 Å². The SMILES string of the molecule is COc1ccc(S(=O)(=O)N(CC(=O)NN=C2CCN(C)CC2)c2cc(C)cc(C)c2)cc1OC. The van der Waals surface area contributed by atoms with Crippen molar-refractivity contribution >= 4 is 27.3 Å². The number of carbonyl (C=O) groups is 1. The molecule has 0 bridgehead atoms. The first-order chi connectivity index (χ1) is 16.1. The first-order valence-electron chi connectivity index (χ1n) is 11.0. The Hall–Kier alpha value is -3.11. The zero-order valence-electron chi connectivity index (χ0n) is 20.3. The lowest BCUT2D eigenvalue weighted by Crippen LogP contribution is -2.40. The smallest absolute Gasteiger partial charge is 0.264 e. The van der Waals surface area contributed by atoms with Gasteiger partial charge in [0.1, 0.15) is 6.54 Å². The van der Waals surface area contributed by atoms with Crippen LogP contribution in [0.2, 0.25) is 0 Å². The van der Waals surface area contributed by atoms with Gasteiger partial charge in [0.05, 0.1) is 24.8 Å². The summed E-state index contributed by atoms with van der Waals surface area (Å²) in [5.74, 6) is 0.169. The van der Waals surface area contributed by atoms with Gasteiger partial charge < -0.3 is 14.4 Å². The number of likely N-dealkylation sites (tertiary alicyclic amines) is 1. The molecule has 0 saturated carbocycles. The lowest BCUT2D eigenvalue weighted by atomic mass is 10.1. The number of ether oxygens (including phenoxy) is 2. The summed E-state index contributed by atoms with van der Waals surface area (Å²) in [6.07, 6.45) is 1.53. The molecule has 2 aromatic carbocycles. The van der Waals surface area contributed by atoms with Crippen LogP contribution in [0.25, 0.3) is 0 Å². The van der Waals surface area contributed by atoms with Crippen molar-refractivity contribution in [2.45, 2.75) is 31.6 Å². The number of sulfonamides is 1. The maximum absolute atomic E-state index is 13.7. The number of benzene rings is 2. The van der Waals surface area contributed by atoms with Crippen LogP contribution in [0.15, 0.2) is 46.4 Å². The van der Waals surface area contributed by atoms with Crippen molar-refractivity contribution in [3.63, 3.8) is 0 Å². The van der Waals surface area contributed by atoms with E-state index in [9.17, 15) is 13.2 Å². The van der Waals surface area contributed by atoms with Gasteiger partial charge in [-0.15, -0.1) is 0 Å². The molecule has 1 aliphatic rings. The third kappa shape index (κ3) is 6.06. The van der Waals surface area contributed by atoms with Crippen LogP contribution >= 0.6 is 0 Å². The van der Waals surface area contributed by atoms with Gasteiger partial charge in [0.2, 0.25) is 0 Å². The number of hydrogen-bond donors (Lipinski definition) is 1. The molecule has 1 saturated heterocycles. The predicted molar refractivity (Wildman–Crippen MR) is 132 cm³/mol. The van der Waals surface area contributed by atoms with E-state index in [1.807, 2.05) is 27.0 Å². The van der Waals surface area contributed by atoms with Gasteiger partial charge in [0.25, 0.3) is 15.9 Å². The van der Waals surface area contributed by atoms with E-state index in [4.69, 9.17) is 9.47 Å². The third-order valence-electron chi connectivity index (χ3n) is 5.63. The second-order valence-corrected chi connectivity index (χ2v) is 10.3. The Morgan fingerprint density at radius 3 is 2.24 bits per heavy atom. The normalized spacial score (nSPS) is 14.4. The molecule has 0 radical (unpaired) electrons. The summed E-state index contributed by atoms with van der Waals surface area (Å²) in [5.41, 5.74) is 5.60. The molecular weight excluding hydrogens is 456 g/mol. The lowest BCUT2D eigenvalue weighted by Gasteiger charge is -2.25. The molecule has 0 spiro atoms. The third-order valence-corrected chi connectivity index (χ3v) is 7.40. The first kappa shape index (κ1) is 25.5. The molecule has 1 N–H and O–H groups in total. The Morgan fingerprint density at radius 1 is 1.03 bits per heavy atom. The molecule has 3 rings (SSSR count). The molecule has 0 atom stereocenters. The number of rotatable bonds is 8. The minimum absolute atomic E-state index is 0.0151. The second-order valence-electron chi connectivity index (χ2n) is 8.39. The summed E-state index contributed by atoms with van der Waals surface area (Å²) in [5, 5.41) is 4.24. The van der Waals surface area contributed by atoms with Crippen molar-refractivity contribution in [2.24, 2.45) is 5.10 Å². The molecule has 184 valence electrons. The molecule has 10 heteroatoms. The molecule has 1 fully saturated rings. The fraction of sp³-hybridized carbons (Fsp3) is 0.417. The molecule has 0 aliphatic carbocycles. The first-order valence-corrected chi connectivity index (χ1v) is 12.4. The average molecular weight is 489 g/mol. The van der Waals surface area contributed by atoms with E-state index in [2.05, 4.69) is 15.4 Å². The van der Waals surface area contributed by atoms with Gasteiger partial charge in [-0.25, -0.2) is 13.8 Å². The van der Waals surface area contributed by atoms with Crippen LogP contribution in [0.1, 0.15) is 24.0 Å². The monoisotopic (exact) mass is 488 g/mol. The molecule has 1 heterocycles. The summed E-state index contributed by atoms with van der Waals surface area (Å²) >= 11 is 0. The molecule has 9 nitrogen and oxygen atoms in total. The molecule has 0 aromatic heterocycles. The Labute approximate surface area is 201 Å². The fourth-order valence-corrected chi connectivity index (χ4v) is 5.23. The number of amides is 1. The van der Waals surface area contributed by atoms with E-state index in [1.54, 1.807) is 12.1 Å². The zero-order valence-corrected chi connectivity index (χ0v) is 21.1. The van der Waals surface area contributed by atoms with Crippen LogP contribution in [0.5, 0.6) is 11.5 Å². The minimum atomic E-state index is -4.11. The highest BCUT2D eigenvalue weighted by atomic mass is 32.2. The highest BCUT2D eigenvalue weighted by molar-refractivity contribution is 7.92. The quantitative estimate of drug-likeness (QED) is 0.574. The van der Waals surface area contributed by atoms with Crippen molar-refractivity contribution in [2.75, 3.05) is 45.2 Å². The number of hydrazone groups is 1. The number of piperidine rings is 1. The van der Waals surface area contributed by atoms with Gasteiger partial charge in [0, 0.05) is 37.7 Å². The summed E-state index contributed by atoms with van der Waals surface area (Å²) in [6, 6.07) is 9.76. The van der Waals surface area contributed by atoms with Crippen molar-refractivity contribution in [3.8, 4) is 11.5 Å². The van der Waals surface area contributed by atoms with Crippen molar-refractivity contribution < 1.29 is 22.7 Å². The molecule has 1 amide bonds. The Morgan fingerprint density at radius 2 is 1.65 bits per heavy atom. The van der Waals surface area contributed by atoms with Gasteiger partial charge in [-0.2, -0.15) is 5.10 Å². The van der Waals surface area contributed by atoms with Crippen LogP contribution in [0.3, 0.4) is 0 Å². The van der Waals surface area contributed by atoms with Crippen LogP contribution in [-0.4, -0.2) is 65.8 Å². The number of anilines is 1. The number of aryl methyl sites for hydroxylation is 2. The van der Waals surface area contributed by atoms with E-state index < -0.39 is 22.5 Å². The van der Waals surface area contributed by atoms with Gasteiger partial charge in [-0.1, -0.05) is 6.07 Å². The van der Waals surface area contributed by atoms with Gasteiger partial charge in [-0.3, -0.25) is 9.10 Å². The highest BCUT2D eigenvalue weighted by Gasteiger charge is 2.29. The second kappa shape index (κ2) is 10.9. The lowest BCUT2D eigenvalue weighted by molar-refractivity contribution is -0.119. The number of nitrogens with one attached hydrogen (secondary N) is 1. The molecule has 0 unspecified atom stereocenters. The van der Waals surface area contributed by atoms with Gasteiger partial charge >= 0.3 is 0 Å². The molecule has 34 heavy (non-hydrogen) atoms. The Kier molecular flexibility index (Phi) is 8.16. The average Bonchev–Trinajstić information content (AvgIpc) is 2.80. The fourth-order valence-electron chi connectivity index (χ4n) is 3.81. The number of nitrogens with zero attached hydrogens (tertiary/aromatic N) is 3. The standard InChI is InChI=1S/C24H32N4O5S/c1-17-12-18(2)14-20(13-17)28(16-24(29)26-25-19-8-10-27(3)11-9-19)34(30,31)21-6-7-22(32-4)23(15-21)33-5/h6-7,12-15H,8-11,16H2,1-5H3,(H,26,29). The van der Waals surface area contributed by atoms with Crippen LogP contribution in [0, 0.1) is 13.8 Å². The van der Waals surface area contributed by atoms with E-state index in [0.717, 1.165) is 47.1 Å². The van der Waals surface area contributed by atoms with Crippen molar-refractivity contribution in [1.29, 1.82) is 0 Å². The van der Waals surface area contributed by atoms with E-state index in [-0.39, 0.29) is 10.6 Å². The maximum Gasteiger partial charge on any atom is 0.264 e. The van der Waals surface area contributed by atoms with Crippen LogP contribution < -0.4 is 19.2 Å². The number of carbonyl (C=O) groups excluding carboxylic acids is 1. The topological polar surface area (TPSA) is 101 Å².